The van der Waals surface area contributed by atoms with Gasteiger partial charge in [-0.2, -0.15) is 0 Å². The monoisotopic (exact) mass is 262 g/mol. The summed E-state index contributed by atoms with van der Waals surface area (Å²) < 4.78 is 0. The van der Waals surface area contributed by atoms with Crippen molar-refractivity contribution in [3.63, 3.8) is 0 Å². The van der Waals surface area contributed by atoms with E-state index in [0.29, 0.717) is 11.6 Å². The molecule has 1 aliphatic rings. The smallest absolute Gasteiger partial charge is 0.254 e. The normalized spacial score (nSPS) is 19.6. The molecule has 1 aromatic rings. The van der Waals surface area contributed by atoms with Crippen molar-refractivity contribution in [2.24, 2.45) is 0 Å². The van der Waals surface area contributed by atoms with Gasteiger partial charge in [0.1, 0.15) is 5.82 Å². The zero-order valence-corrected chi connectivity index (χ0v) is 11.6. The van der Waals surface area contributed by atoms with Crippen LogP contribution < -0.4 is 10.6 Å². The minimum Gasteiger partial charge on any atom is -0.366 e. The molecule has 1 fully saturated rings. The van der Waals surface area contributed by atoms with E-state index in [1.165, 1.54) is 12.8 Å². The first kappa shape index (κ1) is 13.8. The molecule has 1 atom stereocenters. The Kier molecular flexibility index (Phi) is 4.74. The molecule has 1 saturated heterocycles. The van der Waals surface area contributed by atoms with Gasteiger partial charge in [-0.05, 0) is 31.5 Å². The molecule has 0 radical (unpaired) electrons. The topological polar surface area (TPSA) is 57.3 Å². The third-order valence-electron chi connectivity index (χ3n) is 3.32. The number of nitrogens with zero attached hydrogens (tertiary/aromatic N) is 2. The van der Waals surface area contributed by atoms with Gasteiger partial charge in [0.15, 0.2) is 0 Å². The molecule has 0 bridgehead atoms. The maximum Gasteiger partial charge on any atom is 0.254 e. The van der Waals surface area contributed by atoms with Gasteiger partial charge in [-0.1, -0.05) is 6.42 Å². The first-order chi connectivity index (χ1) is 9.16. The Bertz CT molecular complexity index is 408. The van der Waals surface area contributed by atoms with Crippen molar-refractivity contribution in [2.45, 2.75) is 25.3 Å². The van der Waals surface area contributed by atoms with Gasteiger partial charge in [0.2, 0.25) is 0 Å². The number of hydrogen-bond donors (Lipinski definition) is 2. The lowest BCUT2D eigenvalue weighted by Crippen LogP contribution is -2.31. The van der Waals surface area contributed by atoms with E-state index in [-0.39, 0.29) is 5.91 Å². The number of carbonyl (C=O) groups excluding carboxylic acids is 1. The van der Waals surface area contributed by atoms with Crippen LogP contribution in [0.3, 0.4) is 0 Å². The lowest BCUT2D eigenvalue weighted by molar-refractivity contribution is 0.0827. The molecule has 2 heterocycles. The first-order valence-corrected chi connectivity index (χ1v) is 6.82. The summed E-state index contributed by atoms with van der Waals surface area (Å²) in [6.07, 6.45) is 5.27. The molecule has 1 aliphatic heterocycles. The Morgan fingerprint density at radius 3 is 2.95 bits per heavy atom. The Labute approximate surface area is 114 Å². The molecule has 0 spiro atoms. The average Bonchev–Trinajstić information content (AvgIpc) is 2.67. The molecular formula is C14H22N4O. The highest BCUT2D eigenvalue weighted by atomic mass is 16.2. The van der Waals surface area contributed by atoms with Crippen molar-refractivity contribution >= 4 is 11.7 Å². The highest BCUT2D eigenvalue weighted by molar-refractivity contribution is 5.93. The van der Waals surface area contributed by atoms with Crippen molar-refractivity contribution in [3.05, 3.63) is 23.9 Å². The van der Waals surface area contributed by atoms with Crippen LogP contribution in [0.2, 0.25) is 0 Å². The van der Waals surface area contributed by atoms with Gasteiger partial charge in [-0.3, -0.25) is 4.79 Å². The molecule has 19 heavy (non-hydrogen) atoms. The number of pyridine rings is 1. The number of aromatic nitrogens is 1. The number of rotatable bonds is 3. The largest absolute Gasteiger partial charge is 0.366 e. The van der Waals surface area contributed by atoms with Gasteiger partial charge < -0.3 is 15.5 Å². The number of nitrogens with one attached hydrogen (secondary N) is 2. The van der Waals surface area contributed by atoms with Crippen LogP contribution in [-0.2, 0) is 0 Å². The Hall–Kier alpha value is -1.62. The second-order valence-corrected chi connectivity index (χ2v) is 5.17. The molecule has 104 valence electrons. The number of carbonyl (C=O) groups is 1. The van der Waals surface area contributed by atoms with Gasteiger partial charge in [0.25, 0.3) is 5.91 Å². The minimum absolute atomic E-state index is 0.0183. The molecule has 1 unspecified atom stereocenters. The zero-order chi connectivity index (χ0) is 13.7. The van der Waals surface area contributed by atoms with Crippen LogP contribution in [0.5, 0.6) is 0 Å². The van der Waals surface area contributed by atoms with E-state index in [2.05, 4.69) is 15.6 Å². The van der Waals surface area contributed by atoms with E-state index in [1.807, 2.05) is 12.1 Å². The van der Waals surface area contributed by atoms with E-state index < -0.39 is 0 Å². The fourth-order valence-electron chi connectivity index (χ4n) is 2.22. The molecule has 2 N–H and O–H groups in total. The van der Waals surface area contributed by atoms with Crippen LogP contribution in [0.15, 0.2) is 18.3 Å². The second-order valence-electron chi connectivity index (χ2n) is 5.17. The molecule has 1 amide bonds. The molecule has 0 aliphatic carbocycles. The SMILES string of the molecule is CN(C)C(=O)c1ccc(NC2CCCCNC2)nc1. The van der Waals surface area contributed by atoms with Crippen LogP contribution in [0, 0.1) is 0 Å². The summed E-state index contributed by atoms with van der Waals surface area (Å²) in [5.41, 5.74) is 0.620. The lowest BCUT2D eigenvalue weighted by atomic mass is 10.1. The maximum absolute atomic E-state index is 11.7. The summed E-state index contributed by atoms with van der Waals surface area (Å²) in [6, 6.07) is 4.12. The van der Waals surface area contributed by atoms with Crippen molar-refractivity contribution in [1.29, 1.82) is 0 Å². The van der Waals surface area contributed by atoms with Crippen LogP contribution in [0.1, 0.15) is 29.6 Å². The summed E-state index contributed by atoms with van der Waals surface area (Å²) in [7, 11) is 3.48. The van der Waals surface area contributed by atoms with Crippen molar-refractivity contribution < 1.29 is 4.79 Å². The standard InChI is InChI=1S/C14H22N4O/c1-18(2)14(19)11-6-7-13(16-9-11)17-12-5-3-4-8-15-10-12/h6-7,9,12,15H,3-5,8,10H2,1-2H3,(H,16,17). The second kappa shape index (κ2) is 6.52. The van der Waals surface area contributed by atoms with Gasteiger partial charge in [-0.15, -0.1) is 0 Å². The number of amides is 1. The summed E-state index contributed by atoms with van der Waals surface area (Å²) in [6.45, 7) is 2.07. The maximum atomic E-state index is 11.7. The van der Waals surface area contributed by atoms with Crippen LogP contribution in [0.4, 0.5) is 5.82 Å². The summed E-state index contributed by atoms with van der Waals surface area (Å²) in [5, 5.41) is 6.83. The average molecular weight is 262 g/mol. The van der Waals surface area contributed by atoms with Gasteiger partial charge in [0.05, 0.1) is 5.56 Å². The van der Waals surface area contributed by atoms with Crippen LogP contribution >= 0.6 is 0 Å². The Morgan fingerprint density at radius 1 is 1.42 bits per heavy atom. The first-order valence-electron chi connectivity index (χ1n) is 6.82. The molecular weight excluding hydrogens is 240 g/mol. The van der Waals surface area contributed by atoms with Gasteiger partial charge >= 0.3 is 0 Å². The molecule has 5 heteroatoms. The zero-order valence-electron chi connectivity index (χ0n) is 11.6. The summed E-state index contributed by atoms with van der Waals surface area (Å²) in [4.78, 5) is 17.6. The Morgan fingerprint density at radius 2 is 2.26 bits per heavy atom. The van der Waals surface area contributed by atoms with E-state index in [4.69, 9.17) is 0 Å². The fraction of sp³-hybridized carbons (Fsp3) is 0.571. The van der Waals surface area contributed by atoms with Crippen molar-refractivity contribution in [2.75, 3.05) is 32.5 Å². The van der Waals surface area contributed by atoms with Gasteiger partial charge in [0, 0.05) is 32.9 Å². The quantitative estimate of drug-likeness (QED) is 0.863. The van der Waals surface area contributed by atoms with Crippen LogP contribution in [-0.4, -0.2) is 49.0 Å². The van der Waals surface area contributed by atoms with E-state index >= 15 is 0 Å². The molecule has 0 saturated carbocycles. The van der Waals surface area contributed by atoms with Gasteiger partial charge in [-0.25, -0.2) is 4.98 Å². The van der Waals surface area contributed by atoms with E-state index in [9.17, 15) is 4.79 Å². The van der Waals surface area contributed by atoms with Crippen molar-refractivity contribution in [1.82, 2.24) is 15.2 Å². The lowest BCUT2D eigenvalue weighted by Gasteiger charge is -2.17. The fourth-order valence-corrected chi connectivity index (χ4v) is 2.22. The van der Waals surface area contributed by atoms with Crippen LogP contribution in [0.25, 0.3) is 0 Å². The predicted molar refractivity (Wildman–Crippen MR) is 76.4 cm³/mol. The summed E-state index contributed by atoms with van der Waals surface area (Å²) in [5.74, 6) is 0.819. The molecule has 0 aromatic carbocycles. The molecule has 1 aromatic heterocycles. The molecule has 2 rings (SSSR count). The predicted octanol–water partition coefficient (Wildman–Crippen LogP) is 1.34. The third kappa shape index (κ3) is 3.92. The van der Waals surface area contributed by atoms with E-state index in [0.717, 1.165) is 25.3 Å². The highest BCUT2D eigenvalue weighted by Gasteiger charge is 2.13. The molecule has 5 nitrogen and oxygen atoms in total. The highest BCUT2D eigenvalue weighted by Crippen LogP contribution is 2.12. The number of hydrogen-bond acceptors (Lipinski definition) is 4. The summed E-state index contributed by atoms with van der Waals surface area (Å²) >= 11 is 0. The Balaban J connectivity index is 1.96. The number of anilines is 1. The van der Waals surface area contributed by atoms with Crippen molar-refractivity contribution in [3.8, 4) is 0 Å². The van der Waals surface area contributed by atoms with E-state index in [1.54, 1.807) is 25.2 Å². The minimum atomic E-state index is -0.0183. The third-order valence-corrected chi connectivity index (χ3v) is 3.32.